The molecule has 0 saturated heterocycles. The van der Waals surface area contributed by atoms with Gasteiger partial charge in [-0.2, -0.15) is 5.10 Å². The molecule has 0 spiro atoms. The van der Waals surface area contributed by atoms with Crippen LogP contribution >= 0.6 is 0 Å². The van der Waals surface area contributed by atoms with Gasteiger partial charge in [0.2, 0.25) is 0 Å². The molecule has 0 atom stereocenters. The van der Waals surface area contributed by atoms with Crippen LogP contribution in [0.15, 0.2) is 10.2 Å². The minimum atomic E-state index is 0.287. The lowest BCUT2D eigenvalue weighted by atomic mass is 10.7. The topological polar surface area (TPSA) is 74.6 Å². The van der Waals surface area contributed by atoms with Crippen LogP contribution in [-0.2, 0) is 0 Å². The summed E-state index contributed by atoms with van der Waals surface area (Å²) in [7, 11) is 0. The van der Waals surface area contributed by atoms with Gasteiger partial charge < -0.3 is 5.84 Å². The lowest BCUT2D eigenvalue weighted by molar-refractivity contribution is 1.13. The third-order valence-electron chi connectivity index (χ3n) is 0.349. The average molecular weight is 86.1 g/mol. The minimum absolute atomic E-state index is 0.287. The van der Waals surface area contributed by atoms with Gasteiger partial charge in [-0.1, -0.05) is 0 Å². The number of rotatable bonds is 0. The highest BCUT2D eigenvalue weighted by molar-refractivity contribution is 5.78. The summed E-state index contributed by atoms with van der Waals surface area (Å²) in [4.78, 5) is 0. The highest BCUT2D eigenvalue weighted by atomic mass is 15.2. The molecular weight excluding hydrogens is 80.0 g/mol. The second-order valence-corrected chi connectivity index (χ2v) is 0.788. The fourth-order valence-electron chi connectivity index (χ4n) is 0.0289. The highest BCUT2D eigenvalue weighted by Gasteiger charge is 1.73. The maximum Gasteiger partial charge on any atom is 0.166 e. The Hall–Kier alpha value is -0.930. The quantitative estimate of drug-likeness (QED) is 0.144. The number of nitrogens with two attached hydrogens (primary N) is 1. The van der Waals surface area contributed by atoms with Crippen molar-refractivity contribution < 1.29 is 0 Å². The van der Waals surface area contributed by atoms with E-state index in [-0.39, 0.29) is 5.84 Å². The third-order valence-corrected chi connectivity index (χ3v) is 0.349. The minimum Gasteiger partial charge on any atom is -0.321 e. The van der Waals surface area contributed by atoms with Crippen LogP contribution in [0.2, 0.25) is 0 Å². The molecule has 0 radical (unpaired) electrons. The zero-order valence-electron chi connectivity index (χ0n) is 3.47. The summed E-state index contributed by atoms with van der Waals surface area (Å²) in [6, 6.07) is 0. The molecule has 34 valence electrons. The van der Waals surface area contributed by atoms with Crippen molar-refractivity contribution in [1.29, 1.82) is 5.53 Å². The van der Waals surface area contributed by atoms with E-state index in [9.17, 15) is 0 Å². The molecule has 0 aromatic carbocycles. The number of hydrogen-bond acceptors (Lipinski definition) is 3. The Labute approximate surface area is 35.5 Å². The van der Waals surface area contributed by atoms with Crippen molar-refractivity contribution in [3.63, 3.8) is 0 Å². The van der Waals surface area contributed by atoms with Crippen LogP contribution in [0.1, 0.15) is 6.92 Å². The fraction of sp³-hybridized carbons (Fsp3) is 0.500. The number of amidine groups is 1. The normalized spacial score (nSPS) is 11.2. The van der Waals surface area contributed by atoms with Gasteiger partial charge in [0, 0.05) is 0 Å². The van der Waals surface area contributed by atoms with Gasteiger partial charge in [0.15, 0.2) is 5.84 Å². The zero-order chi connectivity index (χ0) is 4.99. The molecule has 0 fully saturated rings. The van der Waals surface area contributed by atoms with Gasteiger partial charge in [-0.05, 0) is 6.92 Å². The number of nitrogens with one attached hydrogen (secondary N) is 1. The van der Waals surface area contributed by atoms with Crippen LogP contribution < -0.4 is 5.84 Å². The van der Waals surface area contributed by atoms with Crippen LogP contribution in [0, 0.1) is 5.53 Å². The van der Waals surface area contributed by atoms with E-state index in [0.717, 1.165) is 0 Å². The maximum absolute atomic E-state index is 6.22. The number of hydrazone groups is 1. The summed E-state index contributed by atoms with van der Waals surface area (Å²) in [6.45, 7) is 1.55. The van der Waals surface area contributed by atoms with Crippen LogP contribution in [0.25, 0.3) is 0 Å². The monoisotopic (exact) mass is 86.1 g/mol. The molecule has 0 aliphatic carbocycles. The largest absolute Gasteiger partial charge is 0.321 e. The van der Waals surface area contributed by atoms with E-state index in [1.165, 1.54) is 0 Å². The van der Waals surface area contributed by atoms with Gasteiger partial charge in [0.1, 0.15) is 0 Å². The van der Waals surface area contributed by atoms with Gasteiger partial charge in [-0.3, -0.25) is 0 Å². The van der Waals surface area contributed by atoms with Crippen molar-refractivity contribution in [1.82, 2.24) is 0 Å². The molecule has 6 heavy (non-hydrogen) atoms. The van der Waals surface area contributed by atoms with Crippen molar-refractivity contribution >= 4 is 5.84 Å². The predicted octanol–water partition coefficient (Wildman–Crippen LogP) is 0.309. The molecule has 0 saturated carbocycles. The van der Waals surface area contributed by atoms with Crippen molar-refractivity contribution in [3.8, 4) is 0 Å². The second-order valence-electron chi connectivity index (χ2n) is 0.788. The van der Waals surface area contributed by atoms with Crippen LogP contribution in [0.4, 0.5) is 0 Å². The summed E-state index contributed by atoms with van der Waals surface area (Å²) in [5.74, 6) is 4.94. The smallest absolute Gasteiger partial charge is 0.166 e. The Morgan fingerprint density at radius 1 is 1.83 bits per heavy atom. The summed E-state index contributed by atoms with van der Waals surface area (Å²) in [6.07, 6.45) is 0. The zero-order valence-corrected chi connectivity index (χ0v) is 3.47. The van der Waals surface area contributed by atoms with Gasteiger partial charge in [0.25, 0.3) is 0 Å². The first-order valence-electron chi connectivity index (χ1n) is 1.43. The first-order valence-corrected chi connectivity index (χ1v) is 1.43. The van der Waals surface area contributed by atoms with E-state index in [1.54, 1.807) is 6.92 Å². The molecule has 4 nitrogen and oxygen atoms in total. The SMILES string of the molecule is CC(N=N)=NN. The molecule has 0 aromatic heterocycles. The summed E-state index contributed by atoms with van der Waals surface area (Å²) >= 11 is 0. The van der Waals surface area contributed by atoms with E-state index in [2.05, 4.69) is 16.1 Å². The summed E-state index contributed by atoms with van der Waals surface area (Å²) in [5, 5.41) is 5.95. The molecule has 0 aliphatic heterocycles. The molecule has 3 N–H and O–H groups in total. The third kappa shape index (κ3) is 1.40. The molecule has 0 rings (SSSR count). The standard InChI is InChI=1S/C2H6N4/c1-2(5-3)6-4/h3H,4H2,1H3. The van der Waals surface area contributed by atoms with E-state index in [0.29, 0.717) is 0 Å². The molecule has 0 unspecified atom stereocenters. The van der Waals surface area contributed by atoms with Crippen molar-refractivity contribution in [3.05, 3.63) is 0 Å². The Morgan fingerprint density at radius 2 is 2.33 bits per heavy atom. The molecule has 0 amide bonds. The Bertz CT molecular complexity index is 73.6. The van der Waals surface area contributed by atoms with Crippen LogP contribution in [0.5, 0.6) is 0 Å². The van der Waals surface area contributed by atoms with E-state index >= 15 is 0 Å². The molecule has 0 bridgehead atoms. The summed E-state index contributed by atoms with van der Waals surface area (Å²) < 4.78 is 0. The molecular formula is C2H6N4. The molecule has 0 aromatic rings. The van der Waals surface area contributed by atoms with Gasteiger partial charge in [0.05, 0.1) is 0 Å². The lowest BCUT2D eigenvalue weighted by Crippen LogP contribution is -1.88. The number of nitrogens with zero attached hydrogens (tertiary/aromatic N) is 2. The Kier molecular flexibility index (Phi) is 1.96. The van der Waals surface area contributed by atoms with E-state index < -0.39 is 0 Å². The molecule has 0 aliphatic rings. The lowest BCUT2D eigenvalue weighted by Gasteiger charge is -1.75. The number of hydrogen-bond donors (Lipinski definition) is 2. The Morgan fingerprint density at radius 3 is 2.33 bits per heavy atom. The van der Waals surface area contributed by atoms with Crippen LogP contribution in [-0.4, -0.2) is 5.84 Å². The van der Waals surface area contributed by atoms with Crippen molar-refractivity contribution in [2.45, 2.75) is 6.92 Å². The van der Waals surface area contributed by atoms with Gasteiger partial charge in [-0.25, -0.2) is 5.53 Å². The predicted molar refractivity (Wildman–Crippen MR) is 22.4 cm³/mol. The first-order chi connectivity index (χ1) is 2.81. The average Bonchev–Trinajstić information content (AvgIpc) is 1.65. The van der Waals surface area contributed by atoms with E-state index in [4.69, 9.17) is 5.53 Å². The fourth-order valence-corrected chi connectivity index (χ4v) is 0.0289. The van der Waals surface area contributed by atoms with Gasteiger partial charge in [-0.15, -0.1) is 5.11 Å². The molecule has 0 heterocycles. The highest BCUT2D eigenvalue weighted by Crippen LogP contribution is 1.68. The maximum atomic E-state index is 6.22. The second kappa shape index (κ2) is 2.32. The van der Waals surface area contributed by atoms with Crippen molar-refractivity contribution in [2.24, 2.45) is 16.1 Å². The van der Waals surface area contributed by atoms with E-state index in [1.807, 2.05) is 0 Å². The molecule has 4 heteroatoms. The summed E-state index contributed by atoms with van der Waals surface area (Å²) in [5.41, 5.74) is 6.22. The Balaban J connectivity index is 3.50. The van der Waals surface area contributed by atoms with Gasteiger partial charge >= 0.3 is 0 Å². The van der Waals surface area contributed by atoms with Crippen molar-refractivity contribution in [2.75, 3.05) is 0 Å². The first kappa shape index (κ1) is 5.07. The van der Waals surface area contributed by atoms with Crippen LogP contribution in [0.3, 0.4) is 0 Å².